The van der Waals surface area contributed by atoms with Gasteiger partial charge in [0.25, 0.3) is 0 Å². The molecule has 0 amide bonds. The summed E-state index contributed by atoms with van der Waals surface area (Å²) in [4.78, 5) is 11.1. The quantitative estimate of drug-likeness (QED) is 0.403. The molecular formula is C30H33NO7S. The molecule has 0 saturated carbocycles. The van der Waals surface area contributed by atoms with Crippen LogP contribution in [0, 0.1) is 13.8 Å². The third-order valence-electron chi connectivity index (χ3n) is 7.29. The van der Waals surface area contributed by atoms with Crippen molar-refractivity contribution in [3.63, 3.8) is 0 Å². The molecule has 3 aromatic carbocycles. The Morgan fingerprint density at radius 3 is 2.54 bits per heavy atom. The lowest BCUT2D eigenvalue weighted by Gasteiger charge is -2.18. The van der Waals surface area contributed by atoms with Crippen LogP contribution in [0.25, 0.3) is 11.1 Å². The lowest BCUT2D eigenvalue weighted by Crippen LogP contribution is -2.29. The van der Waals surface area contributed by atoms with Crippen LogP contribution in [-0.4, -0.2) is 55.9 Å². The largest absolute Gasteiger partial charge is 0.492 e. The van der Waals surface area contributed by atoms with E-state index < -0.39 is 16.0 Å². The number of hydrogen-bond acceptors (Lipinski definition) is 6. The van der Waals surface area contributed by atoms with Crippen molar-refractivity contribution < 1.29 is 32.5 Å². The topological polar surface area (TPSA) is 102 Å². The van der Waals surface area contributed by atoms with E-state index in [1.807, 2.05) is 42.5 Å². The van der Waals surface area contributed by atoms with Crippen molar-refractivity contribution in [2.45, 2.75) is 45.3 Å². The zero-order chi connectivity index (χ0) is 27.7. The fraction of sp³-hybridized carbons (Fsp3) is 0.367. The molecule has 1 fully saturated rings. The minimum atomic E-state index is -3.21. The van der Waals surface area contributed by atoms with Gasteiger partial charge in [-0.05, 0) is 72.4 Å². The van der Waals surface area contributed by atoms with E-state index in [-0.39, 0.29) is 18.4 Å². The van der Waals surface area contributed by atoms with Crippen LogP contribution in [0.15, 0.2) is 54.6 Å². The Bertz CT molecular complexity index is 1480. The number of hydrogen-bond donors (Lipinski definition) is 1. The third-order valence-corrected chi connectivity index (χ3v) is 8.56. The van der Waals surface area contributed by atoms with E-state index in [1.54, 1.807) is 0 Å². The Balaban J connectivity index is 1.26. The van der Waals surface area contributed by atoms with E-state index in [9.17, 15) is 13.2 Å². The zero-order valence-corrected chi connectivity index (χ0v) is 23.2. The first-order valence-corrected chi connectivity index (χ1v) is 14.9. The Labute approximate surface area is 229 Å². The first kappa shape index (κ1) is 27.0. The maximum absolute atomic E-state index is 11.8. The summed E-state index contributed by atoms with van der Waals surface area (Å²) in [5, 5.41) is 9.10. The van der Waals surface area contributed by atoms with Gasteiger partial charge in [-0.25, -0.2) is 8.42 Å². The van der Waals surface area contributed by atoms with Crippen LogP contribution in [0.4, 0.5) is 0 Å². The van der Waals surface area contributed by atoms with Crippen LogP contribution in [0.1, 0.15) is 41.0 Å². The van der Waals surface area contributed by atoms with Gasteiger partial charge in [0.1, 0.15) is 30.0 Å². The molecule has 8 nitrogen and oxygen atoms in total. The molecule has 0 aliphatic carbocycles. The molecule has 206 valence electrons. The maximum Gasteiger partial charge on any atom is 0.304 e. The number of rotatable bonds is 9. The van der Waals surface area contributed by atoms with Gasteiger partial charge in [0.2, 0.25) is 10.0 Å². The number of carboxylic acids is 1. The summed E-state index contributed by atoms with van der Waals surface area (Å²) in [6.45, 7) is 5.71. The monoisotopic (exact) mass is 551 g/mol. The molecule has 5 rings (SSSR count). The zero-order valence-electron chi connectivity index (χ0n) is 22.3. The number of nitrogens with zero attached hydrogens (tertiary/aromatic N) is 1. The molecule has 0 aromatic heterocycles. The van der Waals surface area contributed by atoms with Gasteiger partial charge in [0, 0.05) is 24.1 Å². The van der Waals surface area contributed by atoms with Crippen molar-refractivity contribution in [3.8, 4) is 28.4 Å². The first-order valence-electron chi connectivity index (χ1n) is 13.0. The van der Waals surface area contributed by atoms with Crippen LogP contribution < -0.4 is 14.2 Å². The lowest BCUT2D eigenvalue weighted by molar-refractivity contribution is -0.137. The van der Waals surface area contributed by atoms with Gasteiger partial charge in [0.15, 0.2) is 0 Å². The number of ether oxygens (including phenoxy) is 3. The van der Waals surface area contributed by atoms with Crippen molar-refractivity contribution in [1.82, 2.24) is 4.31 Å². The molecular weight excluding hydrogens is 518 g/mol. The Kier molecular flexibility index (Phi) is 7.55. The number of sulfonamides is 1. The molecule has 39 heavy (non-hydrogen) atoms. The van der Waals surface area contributed by atoms with Crippen molar-refractivity contribution in [3.05, 3.63) is 76.9 Å². The van der Waals surface area contributed by atoms with E-state index in [4.69, 9.17) is 19.3 Å². The SMILES string of the molecule is Cc1cc(OC2CCN(S(C)(=O)=O)C2)cc(C)c1-c1cccc(COc2ccc3c(c2)OCC3CC(=O)O)c1. The molecule has 2 aliphatic rings. The number of fused-ring (bicyclic) bond motifs is 1. The molecule has 2 unspecified atom stereocenters. The fourth-order valence-electron chi connectivity index (χ4n) is 5.44. The van der Waals surface area contributed by atoms with Crippen molar-refractivity contribution >= 4 is 16.0 Å². The molecule has 9 heteroatoms. The highest BCUT2D eigenvalue weighted by atomic mass is 32.2. The highest BCUT2D eigenvalue weighted by Gasteiger charge is 2.30. The van der Waals surface area contributed by atoms with Crippen LogP contribution in [0.5, 0.6) is 17.2 Å². The minimum Gasteiger partial charge on any atom is -0.492 e. The van der Waals surface area contributed by atoms with Gasteiger partial charge >= 0.3 is 5.97 Å². The molecule has 2 atom stereocenters. The van der Waals surface area contributed by atoms with Crippen molar-refractivity contribution in [2.75, 3.05) is 26.0 Å². The van der Waals surface area contributed by atoms with E-state index in [0.29, 0.717) is 44.2 Å². The Morgan fingerprint density at radius 1 is 1.08 bits per heavy atom. The number of carboxylic acid groups (broad SMARTS) is 1. The predicted octanol–water partition coefficient (Wildman–Crippen LogP) is 4.91. The minimum absolute atomic E-state index is 0.0499. The Morgan fingerprint density at radius 2 is 1.85 bits per heavy atom. The summed E-state index contributed by atoms with van der Waals surface area (Å²) in [6.07, 6.45) is 1.80. The number of carbonyl (C=O) groups is 1. The van der Waals surface area contributed by atoms with Crippen LogP contribution in [0.2, 0.25) is 0 Å². The molecule has 1 saturated heterocycles. The van der Waals surface area contributed by atoms with E-state index in [2.05, 4.69) is 26.0 Å². The molecule has 3 aromatic rings. The predicted molar refractivity (Wildman–Crippen MR) is 148 cm³/mol. The summed E-state index contributed by atoms with van der Waals surface area (Å²) < 4.78 is 43.0. The smallest absolute Gasteiger partial charge is 0.304 e. The van der Waals surface area contributed by atoms with Gasteiger partial charge in [-0.2, -0.15) is 4.31 Å². The van der Waals surface area contributed by atoms with E-state index in [0.717, 1.165) is 39.1 Å². The standard InChI is InChI=1S/C30H33NO7S/c1-19-11-26(38-25-9-10-31(16-25)39(3,34)35)12-20(2)30(19)22-6-4-5-21(13-22)17-36-24-7-8-27-23(14-29(32)33)18-37-28(27)15-24/h4-8,11-13,15,23,25H,9-10,14,16-18H2,1-3H3,(H,32,33). The van der Waals surface area contributed by atoms with Crippen molar-refractivity contribution in [1.29, 1.82) is 0 Å². The summed E-state index contributed by atoms with van der Waals surface area (Å²) in [5.74, 6) is 1.14. The van der Waals surface area contributed by atoms with Gasteiger partial charge < -0.3 is 19.3 Å². The fourth-order valence-corrected chi connectivity index (χ4v) is 6.32. The first-order chi connectivity index (χ1) is 18.6. The second-order valence-corrected chi connectivity index (χ2v) is 12.4. The highest BCUT2D eigenvalue weighted by molar-refractivity contribution is 7.88. The molecule has 0 bridgehead atoms. The Hall–Kier alpha value is -3.56. The maximum atomic E-state index is 11.8. The molecule has 0 radical (unpaired) electrons. The van der Waals surface area contributed by atoms with E-state index >= 15 is 0 Å². The second-order valence-electron chi connectivity index (χ2n) is 10.4. The van der Waals surface area contributed by atoms with Gasteiger partial charge in [-0.1, -0.05) is 24.3 Å². The summed E-state index contributed by atoms with van der Waals surface area (Å²) in [7, 11) is -3.21. The average Bonchev–Trinajstić information content (AvgIpc) is 3.49. The normalized spacial score (nSPS) is 18.9. The van der Waals surface area contributed by atoms with Crippen molar-refractivity contribution in [2.24, 2.45) is 0 Å². The third kappa shape index (κ3) is 6.20. The molecule has 1 N–H and O–H groups in total. The van der Waals surface area contributed by atoms with Gasteiger partial charge in [-0.3, -0.25) is 4.79 Å². The molecule has 2 aliphatic heterocycles. The van der Waals surface area contributed by atoms with Crippen LogP contribution >= 0.6 is 0 Å². The summed E-state index contributed by atoms with van der Waals surface area (Å²) >= 11 is 0. The summed E-state index contributed by atoms with van der Waals surface area (Å²) in [5.41, 5.74) is 6.29. The number of aryl methyl sites for hydroxylation is 2. The highest BCUT2D eigenvalue weighted by Crippen LogP contribution is 2.38. The van der Waals surface area contributed by atoms with Crippen LogP contribution in [0.3, 0.4) is 0 Å². The average molecular weight is 552 g/mol. The van der Waals surface area contributed by atoms with Gasteiger partial charge in [-0.15, -0.1) is 0 Å². The molecule has 2 heterocycles. The van der Waals surface area contributed by atoms with Gasteiger partial charge in [0.05, 0.1) is 25.8 Å². The number of aliphatic carboxylic acids is 1. The van der Waals surface area contributed by atoms with E-state index in [1.165, 1.54) is 10.6 Å². The second kappa shape index (κ2) is 10.9. The van der Waals surface area contributed by atoms with Crippen LogP contribution in [-0.2, 0) is 21.4 Å². The summed E-state index contributed by atoms with van der Waals surface area (Å²) in [6, 6.07) is 17.8. The molecule has 0 spiro atoms. The number of benzene rings is 3. The lowest BCUT2D eigenvalue weighted by atomic mass is 9.94.